The Labute approximate surface area is 185 Å². The minimum absolute atomic E-state index is 0.0484. The van der Waals surface area contributed by atoms with Gasteiger partial charge in [-0.15, -0.1) is 0 Å². The highest BCUT2D eigenvalue weighted by atomic mass is 32.2. The van der Waals surface area contributed by atoms with E-state index in [2.05, 4.69) is 10.3 Å². The van der Waals surface area contributed by atoms with Crippen molar-refractivity contribution >= 4 is 15.9 Å². The lowest BCUT2D eigenvalue weighted by molar-refractivity contribution is 0.0942. The predicted octanol–water partition coefficient (Wildman–Crippen LogP) is 3.07. The van der Waals surface area contributed by atoms with Crippen LogP contribution in [0.2, 0.25) is 0 Å². The van der Waals surface area contributed by atoms with Crippen LogP contribution in [0, 0.1) is 5.82 Å². The number of pyridine rings is 1. The van der Waals surface area contributed by atoms with Gasteiger partial charge in [-0.2, -0.15) is 4.31 Å². The van der Waals surface area contributed by atoms with E-state index in [0.29, 0.717) is 24.4 Å². The Bertz CT molecular complexity index is 1220. The summed E-state index contributed by atoms with van der Waals surface area (Å²) in [6, 6.07) is 9.12. The number of benzene rings is 1. The zero-order chi connectivity index (χ0) is 22.7. The molecule has 32 heavy (non-hydrogen) atoms. The Morgan fingerprint density at radius 3 is 2.69 bits per heavy atom. The number of rotatable bonds is 7. The summed E-state index contributed by atoms with van der Waals surface area (Å²) in [7, 11) is -2.00. The van der Waals surface area contributed by atoms with E-state index in [1.807, 2.05) is 0 Å². The van der Waals surface area contributed by atoms with Gasteiger partial charge in [0.25, 0.3) is 5.91 Å². The first-order chi connectivity index (χ1) is 15.3. The summed E-state index contributed by atoms with van der Waals surface area (Å²) >= 11 is 0. The largest absolute Gasteiger partial charge is 0.453 e. The third kappa shape index (κ3) is 4.66. The number of amides is 1. The number of aryl methyl sites for hydroxylation is 1. The van der Waals surface area contributed by atoms with Gasteiger partial charge in [0.15, 0.2) is 11.6 Å². The summed E-state index contributed by atoms with van der Waals surface area (Å²) in [4.78, 5) is 16.6. The molecule has 1 aromatic carbocycles. The fourth-order valence-electron chi connectivity index (χ4n) is 3.52. The number of hydrogen-bond acceptors (Lipinski definition) is 5. The second-order valence-corrected chi connectivity index (χ2v) is 9.46. The van der Waals surface area contributed by atoms with Crippen LogP contribution in [0.4, 0.5) is 4.39 Å². The van der Waals surface area contributed by atoms with Crippen molar-refractivity contribution in [3.63, 3.8) is 0 Å². The van der Waals surface area contributed by atoms with Crippen molar-refractivity contribution in [2.75, 3.05) is 13.1 Å². The van der Waals surface area contributed by atoms with E-state index in [9.17, 15) is 17.6 Å². The van der Waals surface area contributed by atoms with Gasteiger partial charge in [0.1, 0.15) is 16.3 Å². The first-order valence-electron chi connectivity index (χ1n) is 10.2. The number of ether oxygens (including phenoxy) is 1. The lowest BCUT2D eigenvalue weighted by atomic mass is 10.2. The van der Waals surface area contributed by atoms with Crippen LogP contribution in [-0.4, -0.2) is 41.3 Å². The van der Waals surface area contributed by atoms with Crippen LogP contribution in [-0.2, 0) is 23.6 Å². The Balaban J connectivity index is 1.42. The summed E-state index contributed by atoms with van der Waals surface area (Å²) in [5.74, 6) is -0.562. The molecule has 168 valence electrons. The summed E-state index contributed by atoms with van der Waals surface area (Å²) in [5.41, 5.74) is 0.744. The summed E-state index contributed by atoms with van der Waals surface area (Å²) < 4.78 is 48.2. The predicted molar refractivity (Wildman–Crippen MR) is 115 cm³/mol. The molecule has 8 nitrogen and oxygen atoms in total. The SMILES string of the molecule is Cn1cc(S(=O)(=O)N2CCCC2)cc1C(=O)NCc1ccc(Oc2cccnc2)c(F)c1. The lowest BCUT2D eigenvalue weighted by Crippen LogP contribution is -2.27. The van der Waals surface area contributed by atoms with Crippen molar-refractivity contribution in [3.8, 4) is 11.5 Å². The smallest absolute Gasteiger partial charge is 0.268 e. The molecule has 4 rings (SSSR count). The third-order valence-electron chi connectivity index (χ3n) is 5.23. The van der Waals surface area contributed by atoms with Gasteiger partial charge < -0.3 is 14.6 Å². The van der Waals surface area contributed by atoms with Gasteiger partial charge in [-0.1, -0.05) is 6.07 Å². The standard InChI is InChI=1S/C22H23FN4O4S/c1-26-15-18(32(29,30)27-9-2-3-10-27)12-20(26)22(28)25-13-16-6-7-21(19(23)11-16)31-17-5-4-8-24-14-17/h4-8,11-12,14-15H,2-3,9-10,13H2,1H3,(H,25,28). The maximum Gasteiger partial charge on any atom is 0.268 e. The molecule has 0 radical (unpaired) electrons. The fraction of sp³-hybridized carbons (Fsp3) is 0.273. The molecule has 1 amide bonds. The Kier molecular flexibility index (Phi) is 6.24. The normalized spacial score (nSPS) is 14.4. The average molecular weight is 459 g/mol. The van der Waals surface area contributed by atoms with E-state index in [-0.39, 0.29) is 22.9 Å². The highest BCUT2D eigenvalue weighted by molar-refractivity contribution is 7.89. The molecule has 3 aromatic rings. The molecular weight excluding hydrogens is 435 g/mol. The van der Waals surface area contributed by atoms with Crippen molar-refractivity contribution in [2.45, 2.75) is 24.3 Å². The average Bonchev–Trinajstić information content (AvgIpc) is 3.45. The molecular formula is C22H23FN4O4S. The van der Waals surface area contributed by atoms with Crippen LogP contribution in [0.15, 0.2) is 59.9 Å². The summed E-state index contributed by atoms with van der Waals surface area (Å²) in [6.07, 6.45) is 6.18. The number of sulfonamides is 1. The fourth-order valence-corrected chi connectivity index (χ4v) is 5.11. The topological polar surface area (TPSA) is 93.5 Å². The second kappa shape index (κ2) is 9.09. The van der Waals surface area contributed by atoms with E-state index in [0.717, 1.165) is 12.8 Å². The van der Waals surface area contributed by atoms with Crippen molar-refractivity contribution in [1.82, 2.24) is 19.2 Å². The monoisotopic (exact) mass is 458 g/mol. The number of halogens is 1. The quantitative estimate of drug-likeness (QED) is 0.587. The van der Waals surface area contributed by atoms with Crippen LogP contribution in [0.25, 0.3) is 0 Å². The molecule has 0 atom stereocenters. The third-order valence-corrected chi connectivity index (χ3v) is 7.09. The van der Waals surface area contributed by atoms with Crippen LogP contribution in [0.1, 0.15) is 28.9 Å². The first-order valence-corrected chi connectivity index (χ1v) is 11.6. The van der Waals surface area contributed by atoms with Crippen molar-refractivity contribution < 1.29 is 22.3 Å². The van der Waals surface area contributed by atoms with E-state index in [1.165, 1.54) is 39.5 Å². The first kappa shape index (κ1) is 22.0. The Morgan fingerprint density at radius 1 is 1.22 bits per heavy atom. The zero-order valence-electron chi connectivity index (χ0n) is 17.5. The molecule has 10 heteroatoms. The summed E-state index contributed by atoms with van der Waals surface area (Å²) in [5, 5.41) is 2.70. The van der Waals surface area contributed by atoms with Crippen molar-refractivity contribution in [1.29, 1.82) is 0 Å². The van der Waals surface area contributed by atoms with E-state index in [4.69, 9.17) is 4.74 Å². The van der Waals surface area contributed by atoms with Gasteiger partial charge >= 0.3 is 0 Å². The molecule has 0 bridgehead atoms. The molecule has 1 N–H and O–H groups in total. The van der Waals surface area contributed by atoms with Gasteiger partial charge in [0.05, 0.1) is 6.20 Å². The highest BCUT2D eigenvalue weighted by Crippen LogP contribution is 2.25. The van der Waals surface area contributed by atoms with Crippen LogP contribution < -0.4 is 10.1 Å². The van der Waals surface area contributed by atoms with E-state index >= 15 is 0 Å². The van der Waals surface area contributed by atoms with Gasteiger partial charge in [-0.25, -0.2) is 12.8 Å². The molecule has 0 spiro atoms. The Hall–Kier alpha value is -3.24. The number of aromatic nitrogens is 2. The van der Waals surface area contributed by atoms with Crippen LogP contribution >= 0.6 is 0 Å². The molecule has 1 saturated heterocycles. The maximum absolute atomic E-state index is 14.4. The van der Waals surface area contributed by atoms with Gasteiger partial charge in [-0.3, -0.25) is 9.78 Å². The van der Waals surface area contributed by atoms with E-state index in [1.54, 1.807) is 31.4 Å². The Morgan fingerprint density at radius 2 is 2.00 bits per heavy atom. The van der Waals surface area contributed by atoms with Gasteiger partial charge in [-0.05, 0) is 48.7 Å². The number of nitrogens with zero attached hydrogens (tertiary/aromatic N) is 3. The number of carbonyl (C=O) groups is 1. The highest BCUT2D eigenvalue weighted by Gasteiger charge is 2.29. The second-order valence-electron chi connectivity index (χ2n) is 7.52. The minimum atomic E-state index is -3.61. The lowest BCUT2D eigenvalue weighted by Gasteiger charge is -2.13. The maximum atomic E-state index is 14.4. The molecule has 3 heterocycles. The minimum Gasteiger partial charge on any atom is -0.453 e. The van der Waals surface area contributed by atoms with Crippen molar-refractivity contribution in [3.05, 3.63) is 72.1 Å². The van der Waals surface area contributed by atoms with Gasteiger partial charge in [0.2, 0.25) is 10.0 Å². The van der Waals surface area contributed by atoms with Crippen LogP contribution in [0.3, 0.4) is 0 Å². The van der Waals surface area contributed by atoms with E-state index < -0.39 is 21.7 Å². The number of nitrogens with one attached hydrogen (secondary N) is 1. The van der Waals surface area contributed by atoms with Crippen molar-refractivity contribution in [2.24, 2.45) is 7.05 Å². The molecule has 1 aliphatic heterocycles. The molecule has 1 fully saturated rings. The molecule has 0 saturated carbocycles. The molecule has 1 aliphatic rings. The number of carbonyl (C=O) groups excluding carboxylic acids is 1. The molecule has 0 aliphatic carbocycles. The van der Waals surface area contributed by atoms with Crippen LogP contribution in [0.5, 0.6) is 11.5 Å². The van der Waals surface area contributed by atoms with Gasteiger partial charge in [0, 0.05) is 39.1 Å². The number of hydrogen-bond donors (Lipinski definition) is 1. The zero-order valence-corrected chi connectivity index (χ0v) is 18.3. The summed E-state index contributed by atoms with van der Waals surface area (Å²) in [6.45, 7) is 1.05. The molecule has 2 aromatic heterocycles. The molecule has 0 unspecified atom stereocenters.